The van der Waals surface area contributed by atoms with Crippen LogP contribution in [0, 0.1) is 0 Å². The maximum absolute atomic E-state index is 6.38. The van der Waals surface area contributed by atoms with Crippen molar-refractivity contribution in [3.8, 4) is 28.4 Å². The van der Waals surface area contributed by atoms with E-state index >= 15 is 0 Å². The topological polar surface area (TPSA) is 23.4 Å². The number of nitrogens with zero attached hydrogens (tertiary/aromatic N) is 1. The summed E-state index contributed by atoms with van der Waals surface area (Å²) in [4.78, 5) is 0. The van der Waals surface area contributed by atoms with Crippen LogP contribution in [-0.4, -0.2) is 11.7 Å². The lowest BCUT2D eigenvalue weighted by molar-refractivity contribution is 0.414. The molecule has 0 bridgehead atoms. The fourth-order valence-corrected chi connectivity index (χ4v) is 6.32. The molecule has 1 aromatic heterocycles. The first kappa shape index (κ1) is 23.9. The van der Waals surface area contributed by atoms with Gasteiger partial charge in [-0.3, -0.25) is 0 Å². The Morgan fingerprint density at radius 3 is 2.28 bits per heavy atom. The van der Waals surface area contributed by atoms with Gasteiger partial charge in [0.15, 0.2) is 0 Å². The molecule has 0 saturated heterocycles. The standard InChI is InChI=1S/C35H28ClNO2/c1-35(2)27-18-19-31-34(26-8-4-6-10-30(26)37(31)21-22-12-14-23(38-3)15-13-22)33(27)25-17-16-24(20-28(25)35)39-32-11-7-5-9-29(32)36/h4-20H,21H2,1-3H3. The molecule has 1 aliphatic rings. The number of ether oxygens (including phenoxy) is 2. The normalized spacial score (nSPS) is 13.4. The van der Waals surface area contributed by atoms with Crippen molar-refractivity contribution in [3.05, 3.63) is 125 Å². The zero-order valence-electron chi connectivity index (χ0n) is 22.2. The predicted octanol–water partition coefficient (Wildman–Crippen LogP) is 9.60. The van der Waals surface area contributed by atoms with E-state index in [2.05, 4.69) is 85.1 Å². The van der Waals surface area contributed by atoms with Crippen LogP contribution in [0.15, 0.2) is 103 Å². The molecule has 0 unspecified atom stereocenters. The number of hydrogen-bond acceptors (Lipinski definition) is 2. The average molecular weight is 530 g/mol. The van der Waals surface area contributed by atoms with E-state index in [9.17, 15) is 0 Å². The van der Waals surface area contributed by atoms with Crippen molar-refractivity contribution in [1.29, 1.82) is 0 Å². The number of methoxy groups -OCH3 is 1. The second-order valence-corrected chi connectivity index (χ2v) is 11.1. The lowest BCUT2D eigenvalue weighted by Gasteiger charge is -2.22. The number of benzene rings is 5. The van der Waals surface area contributed by atoms with Crippen molar-refractivity contribution >= 4 is 33.4 Å². The quantitative estimate of drug-likeness (QED) is 0.222. The highest BCUT2D eigenvalue weighted by atomic mass is 35.5. The smallest absolute Gasteiger partial charge is 0.146 e. The average Bonchev–Trinajstić information content (AvgIpc) is 3.39. The van der Waals surface area contributed by atoms with Crippen LogP contribution in [0.5, 0.6) is 17.2 Å². The molecule has 5 aromatic carbocycles. The van der Waals surface area contributed by atoms with E-state index in [0.717, 1.165) is 18.0 Å². The Bertz CT molecular complexity index is 1880. The van der Waals surface area contributed by atoms with Gasteiger partial charge < -0.3 is 14.0 Å². The van der Waals surface area contributed by atoms with Gasteiger partial charge in [0.1, 0.15) is 17.2 Å². The predicted molar refractivity (Wildman–Crippen MR) is 161 cm³/mol. The first-order chi connectivity index (χ1) is 19.0. The molecule has 0 amide bonds. The summed E-state index contributed by atoms with van der Waals surface area (Å²) in [6.45, 7) is 5.40. The maximum Gasteiger partial charge on any atom is 0.146 e. The van der Waals surface area contributed by atoms with E-state index in [0.29, 0.717) is 10.8 Å². The van der Waals surface area contributed by atoms with Gasteiger partial charge in [-0.05, 0) is 76.3 Å². The number of hydrogen-bond donors (Lipinski definition) is 0. The molecule has 0 saturated carbocycles. The highest BCUT2D eigenvalue weighted by Crippen LogP contribution is 2.54. The summed E-state index contributed by atoms with van der Waals surface area (Å²) in [5.41, 5.74) is 8.74. The van der Waals surface area contributed by atoms with Gasteiger partial charge >= 0.3 is 0 Å². The van der Waals surface area contributed by atoms with Gasteiger partial charge in [-0.15, -0.1) is 0 Å². The second kappa shape index (κ2) is 8.93. The lowest BCUT2D eigenvalue weighted by atomic mass is 9.82. The number of aromatic nitrogens is 1. The number of halogens is 1. The zero-order valence-corrected chi connectivity index (χ0v) is 22.9. The summed E-state index contributed by atoms with van der Waals surface area (Å²) >= 11 is 6.38. The van der Waals surface area contributed by atoms with Crippen LogP contribution >= 0.6 is 11.6 Å². The Hall–Kier alpha value is -4.21. The molecule has 3 nitrogen and oxygen atoms in total. The highest BCUT2D eigenvalue weighted by molar-refractivity contribution is 6.32. The van der Waals surface area contributed by atoms with Crippen LogP contribution in [0.3, 0.4) is 0 Å². The van der Waals surface area contributed by atoms with Crippen LogP contribution in [-0.2, 0) is 12.0 Å². The third-order valence-corrected chi connectivity index (χ3v) is 8.42. The van der Waals surface area contributed by atoms with Crippen LogP contribution < -0.4 is 9.47 Å². The minimum absolute atomic E-state index is 0.169. The van der Waals surface area contributed by atoms with Gasteiger partial charge in [0.05, 0.1) is 17.6 Å². The van der Waals surface area contributed by atoms with Crippen molar-refractivity contribution in [2.75, 3.05) is 7.11 Å². The summed E-state index contributed by atoms with van der Waals surface area (Å²) in [5.74, 6) is 2.33. The van der Waals surface area contributed by atoms with Gasteiger partial charge in [-0.2, -0.15) is 0 Å². The second-order valence-electron chi connectivity index (χ2n) is 10.7. The van der Waals surface area contributed by atoms with Gasteiger partial charge in [-0.1, -0.05) is 80.0 Å². The van der Waals surface area contributed by atoms with Gasteiger partial charge in [0.25, 0.3) is 0 Å². The van der Waals surface area contributed by atoms with E-state index in [1.165, 1.54) is 49.6 Å². The van der Waals surface area contributed by atoms with Gasteiger partial charge in [0.2, 0.25) is 0 Å². The molecule has 0 radical (unpaired) electrons. The summed E-state index contributed by atoms with van der Waals surface area (Å²) in [6.07, 6.45) is 0. The van der Waals surface area contributed by atoms with Crippen molar-refractivity contribution in [3.63, 3.8) is 0 Å². The summed E-state index contributed by atoms with van der Waals surface area (Å²) < 4.78 is 14.0. The van der Waals surface area contributed by atoms with Crippen LogP contribution in [0.2, 0.25) is 5.02 Å². The largest absolute Gasteiger partial charge is 0.497 e. The molecular formula is C35H28ClNO2. The number of para-hydroxylation sites is 2. The molecule has 192 valence electrons. The Morgan fingerprint density at radius 1 is 0.744 bits per heavy atom. The molecule has 7 rings (SSSR count). The van der Waals surface area contributed by atoms with E-state index in [4.69, 9.17) is 21.1 Å². The summed E-state index contributed by atoms with van der Waals surface area (Å²) in [7, 11) is 1.70. The van der Waals surface area contributed by atoms with E-state index in [-0.39, 0.29) is 5.41 Å². The molecule has 0 spiro atoms. The molecule has 39 heavy (non-hydrogen) atoms. The molecule has 4 heteroatoms. The summed E-state index contributed by atoms with van der Waals surface area (Å²) in [5, 5.41) is 3.19. The van der Waals surface area contributed by atoms with Gasteiger partial charge in [-0.25, -0.2) is 0 Å². The monoisotopic (exact) mass is 529 g/mol. The molecule has 0 aliphatic heterocycles. The molecular weight excluding hydrogens is 502 g/mol. The number of fused-ring (bicyclic) bond motifs is 7. The van der Waals surface area contributed by atoms with Gasteiger partial charge in [0, 0.05) is 28.2 Å². The lowest BCUT2D eigenvalue weighted by Crippen LogP contribution is -2.15. The SMILES string of the molecule is COc1ccc(Cn2c3ccccc3c3c4c(ccc32)C(C)(C)c2cc(Oc3ccccc3Cl)ccc2-4)cc1. The fraction of sp³-hybridized carbons (Fsp3) is 0.143. The van der Waals surface area contributed by atoms with E-state index in [1.807, 2.05) is 36.4 Å². The van der Waals surface area contributed by atoms with Crippen LogP contribution in [0.25, 0.3) is 32.9 Å². The van der Waals surface area contributed by atoms with Crippen molar-refractivity contribution < 1.29 is 9.47 Å². The Kier molecular flexibility index (Phi) is 5.47. The first-order valence-corrected chi connectivity index (χ1v) is 13.6. The van der Waals surface area contributed by atoms with Crippen molar-refractivity contribution in [2.24, 2.45) is 0 Å². The molecule has 0 N–H and O–H groups in total. The van der Waals surface area contributed by atoms with Crippen molar-refractivity contribution in [2.45, 2.75) is 25.8 Å². The maximum atomic E-state index is 6.38. The number of rotatable bonds is 5. The molecule has 0 atom stereocenters. The molecule has 6 aromatic rings. The fourth-order valence-electron chi connectivity index (χ4n) is 6.15. The summed E-state index contributed by atoms with van der Waals surface area (Å²) in [6, 6.07) is 35.8. The molecule has 1 aliphatic carbocycles. The third-order valence-electron chi connectivity index (χ3n) is 8.11. The third kappa shape index (κ3) is 3.72. The Balaban J connectivity index is 1.41. The minimum atomic E-state index is -0.169. The highest BCUT2D eigenvalue weighted by Gasteiger charge is 2.37. The van der Waals surface area contributed by atoms with E-state index < -0.39 is 0 Å². The van der Waals surface area contributed by atoms with E-state index in [1.54, 1.807) is 7.11 Å². The van der Waals surface area contributed by atoms with Crippen LogP contribution in [0.1, 0.15) is 30.5 Å². The molecule has 1 heterocycles. The van der Waals surface area contributed by atoms with Crippen molar-refractivity contribution in [1.82, 2.24) is 4.57 Å². The Labute approximate surface area is 233 Å². The first-order valence-electron chi connectivity index (χ1n) is 13.2. The zero-order chi connectivity index (χ0) is 26.7. The van der Waals surface area contributed by atoms with Crippen LogP contribution in [0.4, 0.5) is 0 Å². The minimum Gasteiger partial charge on any atom is -0.497 e. The Morgan fingerprint density at radius 2 is 1.49 bits per heavy atom. The molecule has 0 fully saturated rings.